The topological polar surface area (TPSA) is 21.3 Å². The first kappa shape index (κ1) is 15.4. The molecule has 1 atom stereocenters. The van der Waals surface area contributed by atoms with E-state index in [4.69, 9.17) is 16.3 Å². The summed E-state index contributed by atoms with van der Waals surface area (Å²) in [4.78, 5) is 1.34. The van der Waals surface area contributed by atoms with Gasteiger partial charge in [0.2, 0.25) is 0 Å². The Kier molecular flexibility index (Phi) is 5.46. The van der Waals surface area contributed by atoms with Crippen molar-refractivity contribution in [3.05, 3.63) is 50.7 Å². The van der Waals surface area contributed by atoms with Crippen molar-refractivity contribution in [1.82, 2.24) is 5.32 Å². The SMILES string of the molecule is CCNC(c1cc(Cl)ccc1OC)c1sccc1CC. The van der Waals surface area contributed by atoms with Crippen LogP contribution in [-0.4, -0.2) is 13.7 Å². The lowest BCUT2D eigenvalue weighted by atomic mass is 10.0. The van der Waals surface area contributed by atoms with Gasteiger partial charge in [-0.3, -0.25) is 0 Å². The van der Waals surface area contributed by atoms with Crippen LogP contribution in [0, 0.1) is 0 Å². The number of thiophene rings is 1. The highest BCUT2D eigenvalue weighted by Crippen LogP contribution is 2.36. The second-order valence-electron chi connectivity index (χ2n) is 4.54. The van der Waals surface area contributed by atoms with Crippen molar-refractivity contribution in [1.29, 1.82) is 0 Å². The maximum absolute atomic E-state index is 6.17. The minimum atomic E-state index is 0.128. The molecule has 0 saturated carbocycles. The van der Waals surface area contributed by atoms with E-state index in [1.54, 1.807) is 18.4 Å². The minimum Gasteiger partial charge on any atom is -0.496 e. The molecule has 0 aliphatic rings. The van der Waals surface area contributed by atoms with Gasteiger partial charge in [-0.05, 0) is 48.2 Å². The summed E-state index contributed by atoms with van der Waals surface area (Å²) in [6.07, 6.45) is 1.03. The summed E-state index contributed by atoms with van der Waals surface area (Å²) in [5.41, 5.74) is 2.47. The molecule has 0 aliphatic carbocycles. The fraction of sp³-hybridized carbons (Fsp3) is 0.375. The Morgan fingerprint density at radius 2 is 2.10 bits per heavy atom. The van der Waals surface area contributed by atoms with Crippen molar-refractivity contribution in [3.63, 3.8) is 0 Å². The van der Waals surface area contributed by atoms with Crippen LogP contribution in [0.3, 0.4) is 0 Å². The number of nitrogens with one attached hydrogen (secondary N) is 1. The Balaban J connectivity index is 2.50. The van der Waals surface area contributed by atoms with Gasteiger partial charge in [-0.25, -0.2) is 0 Å². The van der Waals surface area contributed by atoms with E-state index < -0.39 is 0 Å². The van der Waals surface area contributed by atoms with Crippen LogP contribution in [0.5, 0.6) is 5.75 Å². The van der Waals surface area contributed by atoms with Gasteiger partial charge in [-0.15, -0.1) is 11.3 Å². The molecule has 0 aliphatic heterocycles. The molecule has 1 unspecified atom stereocenters. The van der Waals surface area contributed by atoms with E-state index in [2.05, 4.69) is 30.6 Å². The van der Waals surface area contributed by atoms with Crippen molar-refractivity contribution in [2.75, 3.05) is 13.7 Å². The average molecular weight is 310 g/mol. The van der Waals surface area contributed by atoms with Gasteiger partial charge in [-0.1, -0.05) is 25.4 Å². The van der Waals surface area contributed by atoms with Crippen molar-refractivity contribution < 1.29 is 4.74 Å². The summed E-state index contributed by atoms with van der Waals surface area (Å²) in [5, 5.41) is 6.43. The molecule has 4 heteroatoms. The van der Waals surface area contributed by atoms with Crippen molar-refractivity contribution >= 4 is 22.9 Å². The van der Waals surface area contributed by atoms with Crippen molar-refractivity contribution in [2.45, 2.75) is 26.3 Å². The zero-order valence-corrected chi connectivity index (χ0v) is 13.6. The Hall–Kier alpha value is -1.03. The Morgan fingerprint density at radius 3 is 2.75 bits per heavy atom. The number of rotatable bonds is 6. The van der Waals surface area contributed by atoms with Gasteiger partial charge < -0.3 is 10.1 Å². The lowest BCUT2D eigenvalue weighted by Crippen LogP contribution is -2.22. The predicted octanol–water partition coefficient (Wildman–Crippen LogP) is 4.67. The molecule has 1 N–H and O–H groups in total. The highest BCUT2D eigenvalue weighted by Gasteiger charge is 2.21. The zero-order chi connectivity index (χ0) is 14.5. The van der Waals surface area contributed by atoms with Gasteiger partial charge in [0.15, 0.2) is 0 Å². The third-order valence-electron chi connectivity index (χ3n) is 3.33. The number of hydrogen-bond donors (Lipinski definition) is 1. The van der Waals surface area contributed by atoms with E-state index >= 15 is 0 Å². The molecular weight excluding hydrogens is 290 g/mol. The fourth-order valence-corrected chi connectivity index (χ4v) is 3.64. The van der Waals surface area contributed by atoms with E-state index in [1.165, 1.54) is 10.4 Å². The lowest BCUT2D eigenvalue weighted by Gasteiger charge is -2.21. The van der Waals surface area contributed by atoms with Gasteiger partial charge in [0.05, 0.1) is 13.2 Å². The second kappa shape index (κ2) is 7.11. The average Bonchev–Trinajstić information content (AvgIpc) is 2.93. The number of aryl methyl sites for hydroxylation is 1. The smallest absolute Gasteiger partial charge is 0.124 e. The molecule has 1 aromatic carbocycles. The number of ether oxygens (including phenoxy) is 1. The molecule has 2 nitrogen and oxygen atoms in total. The standard InChI is InChI=1S/C16H20ClNOS/c1-4-11-8-9-20-16(11)15(18-5-2)13-10-12(17)6-7-14(13)19-3/h6-10,15,18H,4-5H2,1-3H3. The van der Waals surface area contributed by atoms with E-state index in [0.29, 0.717) is 0 Å². The van der Waals surface area contributed by atoms with Crippen molar-refractivity contribution in [3.8, 4) is 5.75 Å². The molecule has 108 valence electrons. The van der Waals surface area contributed by atoms with Crippen LogP contribution < -0.4 is 10.1 Å². The second-order valence-corrected chi connectivity index (χ2v) is 5.92. The summed E-state index contributed by atoms with van der Waals surface area (Å²) in [5.74, 6) is 0.871. The van der Waals surface area contributed by atoms with Crippen LogP contribution in [0.4, 0.5) is 0 Å². The van der Waals surface area contributed by atoms with Gasteiger partial charge in [-0.2, -0.15) is 0 Å². The summed E-state index contributed by atoms with van der Waals surface area (Å²) in [7, 11) is 1.70. The van der Waals surface area contributed by atoms with Gasteiger partial charge in [0.1, 0.15) is 5.75 Å². The highest BCUT2D eigenvalue weighted by atomic mass is 35.5. The van der Waals surface area contributed by atoms with Crippen molar-refractivity contribution in [2.24, 2.45) is 0 Å². The molecule has 1 aromatic heterocycles. The normalized spacial score (nSPS) is 12.4. The Labute approximate surface area is 129 Å². The molecular formula is C16H20ClNOS. The summed E-state index contributed by atoms with van der Waals surface area (Å²) in [6.45, 7) is 5.19. The fourth-order valence-electron chi connectivity index (χ4n) is 2.37. The molecule has 20 heavy (non-hydrogen) atoms. The number of hydrogen-bond acceptors (Lipinski definition) is 3. The van der Waals surface area contributed by atoms with Gasteiger partial charge in [0, 0.05) is 15.5 Å². The van der Waals surface area contributed by atoms with E-state index in [-0.39, 0.29) is 6.04 Å². The molecule has 1 heterocycles. The zero-order valence-electron chi connectivity index (χ0n) is 12.1. The molecule has 2 rings (SSSR count). The van der Waals surface area contributed by atoms with Crippen LogP contribution in [0.15, 0.2) is 29.6 Å². The molecule has 0 saturated heterocycles. The molecule has 0 spiro atoms. The third-order valence-corrected chi connectivity index (χ3v) is 4.59. The van der Waals surface area contributed by atoms with Crippen LogP contribution in [0.25, 0.3) is 0 Å². The molecule has 0 radical (unpaired) electrons. The minimum absolute atomic E-state index is 0.128. The van der Waals surface area contributed by atoms with Gasteiger partial charge in [0.25, 0.3) is 0 Å². The predicted molar refractivity (Wildman–Crippen MR) is 87.2 cm³/mol. The van der Waals surface area contributed by atoms with Crippen LogP contribution in [-0.2, 0) is 6.42 Å². The van der Waals surface area contributed by atoms with Gasteiger partial charge >= 0.3 is 0 Å². The molecule has 2 aromatic rings. The van der Waals surface area contributed by atoms with Crippen LogP contribution in [0.1, 0.15) is 35.9 Å². The maximum atomic E-state index is 6.17. The number of halogens is 1. The first-order valence-electron chi connectivity index (χ1n) is 6.84. The quantitative estimate of drug-likeness (QED) is 0.837. The van der Waals surface area contributed by atoms with Crippen LogP contribution in [0.2, 0.25) is 5.02 Å². The monoisotopic (exact) mass is 309 g/mol. The number of methoxy groups -OCH3 is 1. The first-order valence-corrected chi connectivity index (χ1v) is 8.10. The molecule has 0 amide bonds. The largest absolute Gasteiger partial charge is 0.496 e. The Bertz CT molecular complexity index is 567. The van der Waals surface area contributed by atoms with E-state index in [1.807, 2.05) is 18.2 Å². The molecule has 0 fully saturated rings. The van der Waals surface area contributed by atoms with E-state index in [0.717, 1.165) is 29.3 Å². The summed E-state index contributed by atoms with van der Waals surface area (Å²) < 4.78 is 5.51. The Morgan fingerprint density at radius 1 is 1.30 bits per heavy atom. The highest BCUT2D eigenvalue weighted by molar-refractivity contribution is 7.10. The lowest BCUT2D eigenvalue weighted by molar-refractivity contribution is 0.404. The first-order chi connectivity index (χ1) is 9.71. The number of benzene rings is 1. The molecule has 0 bridgehead atoms. The van der Waals surface area contributed by atoms with E-state index in [9.17, 15) is 0 Å². The summed E-state index contributed by atoms with van der Waals surface area (Å²) >= 11 is 7.95. The maximum Gasteiger partial charge on any atom is 0.124 e. The third kappa shape index (κ3) is 3.17. The van der Waals surface area contributed by atoms with Crippen LogP contribution >= 0.6 is 22.9 Å². The summed E-state index contributed by atoms with van der Waals surface area (Å²) in [6, 6.07) is 8.11.